The average molecular weight is 648 g/mol. The van der Waals surface area contributed by atoms with E-state index in [0.717, 1.165) is 17.6 Å². The van der Waals surface area contributed by atoms with Gasteiger partial charge in [-0.1, -0.05) is 12.1 Å². The molecule has 4 rings (SSSR count). The van der Waals surface area contributed by atoms with E-state index in [1.54, 1.807) is 0 Å². The number of carboxylic acid groups (broad SMARTS) is 1. The number of nitrogens with one attached hydrogen (secondary N) is 2. The number of rotatable bonds is 9. The van der Waals surface area contributed by atoms with E-state index in [4.69, 9.17) is 4.74 Å². The number of alkyl halides is 6. The lowest BCUT2D eigenvalue weighted by molar-refractivity contribution is -0.140. The Kier molecular flexibility index (Phi) is 9.52. The van der Waals surface area contributed by atoms with E-state index in [-0.39, 0.29) is 30.0 Å². The Morgan fingerprint density at radius 1 is 1.09 bits per heavy atom. The van der Waals surface area contributed by atoms with Crippen molar-refractivity contribution in [1.29, 1.82) is 0 Å². The lowest BCUT2D eigenvalue weighted by Crippen LogP contribution is -2.39. The van der Waals surface area contributed by atoms with Gasteiger partial charge in [-0.05, 0) is 62.4 Å². The molecule has 0 bridgehead atoms. The van der Waals surface area contributed by atoms with Gasteiger partial charge in [-0.2, -0.15) is 26.3 Å². The summed E-state index contributed by atoms with van der Waals surface area (Å²) in [6, 6.07) is 1.30. The van der Waals surface area contributed by atoms with Crippen molar-refractivity contribution in [2.45, 2.75) is 64.1 Å². The first-order valence-corrected chi connectivity index (χ1v) is 13.7. The van der Waals surface area contributed by atoms with Crippen LogP contribution in [-0.4, -0.2) is 40.5 Å². The number of carboxylic acids is 1. The summed E-state index contributed by atoms with van der Waals surface area (Å²) in [5, 5.41) is 14.3. The fourth-order valence-corrected chi connectivity index (χ4v) is 5.10. The van der Waals surface area contributed by atoms with Crippen molar-refractivity contribution in [3.8, 4) is 16.9 Å². The zero-order valence-corrected chi connectivity index (χ0v) is 24.2. The molecule has 45 heavy (non-hydrogen) atoms. The fourth-order valence-electron chi connectivity index (χ4n) is 5.10. The standard InChI is InChI=1S/C30H29F8N3O4/c1-14-9-21(30(36,37)38)25(27(42)41(14)3)19-7-6-16(18-5-4-8-45-26(18)19)10-24(28(43)44)39-13-20-22(31)11-17(12-23(20)32)40-15(2)29(33,34)35/h6-7,9,11-12,15,24,39-40H,4-5,8,10,13H2,1-3H3,(H,43,44)/t15-,24+/m1/s1. The molecule has 3 aromatic rings. The van der Waals surface area contributed by atoms with Crippen LogP contribution in [0.25, 0.3) is 11.1 Å². The van der Waals surface area contributed by atoms with Gasteiger partial charge in [-0.15, -0.1) is 0 Å². The molecule has 0 amide bonds. The van der Waals surface area contributed by atoms with E-state index in [9.17, 15) is 49.8 Å². The van der Waals surface area contributed by atoms with Crippen LogP contribution in [0.5, 0.6) is 5.75 Å². The normalized spacial score (nSPS) is 14.8. The van der Waals surface area contributed by atoms with Gasteiger partial charge in [0.2, 0.25) is 0 Å². The SMILES string of the molecule is Cc1cc(C(F)(F)F)c(-c2ccc(C[C@H](NCc3c(F)cc(N[C@H](C)C(F)(F)F)cc3F)C(=O)O)c3c2OCCC3)c(=O)n1C. The smallest absolute Gasteiger partial charge is 0.417 e. The van der Waals surface area contributed by atoms with Crippen molar-refractivity contribution in [3.63, 3.8) is 0 Å². The van der Waals surface area contributed by atoms with Crippen LogP contribution in [0.2, 0.25) is 0 Å². The second kappa shape index (κ2) is 12.7. The van der Waals surface area contributed by atoms with Crippen LogP contribution < -0.4 is 20.9 Å². The van der Waals surface area contributed by atoms with Gasteiger partial charge in [0.25, 0.3) is 5.56 Å². The minimum atomic E-state index is -4.86. The van der Waals surface area contributed by atoms with Crippen LogP contribution in [0.15, 0.2) is 35.1 Å². The molecule has 15 heteroatoms. The molecule has 1 aliphatic heterocycles. The van der Waals surface area contributed by atoms with Gasteiger partial charge < -0.3 is 19.7 Å². The molecule has 0 saturated carbocycles. The number of hydrogen-bond acceptors (Lipinski definition) is 5. The number of halogens is 8. The summed E-state index contributed by atoms with van der Waals surface area (Å²) >= 11 is 0. The maximum Gasteiger partial charge on any atom is 0.417 e. The molecule has 2 aromatic carbocycles. The summed E-state index contributed by atoms with van der Waals surface area (Å²) in [5.41, 5.74) is -2.96. The molecule has 1 aliphatic rings. The van der Waals surface area contributed by atoms with Crippen LogP contribution in [-0.2, 0) is 37.4 Å². The summed E-state index contributed by atoms with van der Waals surface area (Å²) in [6.45, 7) is 1.64. The van der Waals surface area contributed by atoms with Gasteiger partial charge in [0, 0.05) is 36.1 Å². The number of nitrogens with zero attached hydrogens (tertiary/aromatic N) is 1. The molecule has 2 atom stereocenters. The van der Waals surface area contributed by atoms with Crippen molar-refractivity contribution in [1.82, 2.24) is 9.88 Å². The molecule has 0 saturated heterocycles. The van der Waals surface area contributed by atoms with Gasteiger partial charge in [-0.25, -0.2) is 8.78 Å². The molecule has 2 heterocycles. The Bertz CT molecular complexity index is 1640. The number of anilines is 1. The molecule has 0 radical (unpaired) electrons. The highest BCUT2D eigenvalue weighted by atomic mass is 19.4. The molecule has 244 valence electrons. The van der Waals surface area contributed by atoms with Crippen molar-refractivity contribution < 1.29 is 49.8 Å². The zero-order chi connectivity index (χ0) is 33.4. The van der Waals surface area contributed by atoms with E-state index >= 15 is 0 Å². The fraction of sp³-hybridized carbons (Fsp3) is 0.400. The minimum absolute atomic E-state index is 0.0163. The number of aliphatic carboxylic acids is 1. The summed E-state index contributed by atoms with van der Waals surface area (Å²) in [6.07, 6.45) is -9.05. The van der Waals surface area contributed by atoms with Gasteiger partial charge >= 0.3 is 18.3 Å². The van der Waals surface area contributed by atoms with E-state index < -0.39 is 76.5 Å². The Labute approximate surface area is 251 Å². The Morgan fingerprint density at radius 3 is 2.31 bits per heavy atom. The van der Waals surface area contributed by atoms with Crippen molar-refractivity contribution in [2.24, 2.45) is 7.05 Å². The summed E-state index contributed by atoms with van der Waals surface area (Å²) in [4.78, 5) is 25.2. The van der Waals surface area contributed by atoms with E-state index in [1.807, 2.05) is 5.32 Å². The second-order valence-electron chi connectivity index (χ2n) is 10.8. The van der Waals surface area contributed by atoms with Crippen molar-refractivity contribution >= 4 is 11.7 Å². The molecule has 0 aliphatic carbocycles. The Hall–Kier alpha value is -4.14. The van der Waals surface area contributed by atoms with Crippen LogP contribution in [0, 0.1) is 18.6 Å². The number of aromatic nitrogens is 1. The highest BCUT2D eigenvalue weighted by Gasteiger charge is 2.38. The number of aryl methyl sites for hydroxylation is 1. The molecule has 0 unspecified atom stereocenters. The zero-order valence-electron chi connectivity index (χ0n) is 24.2. The number of hydrogen-bond donors (Lipinski definition) is 3. The number of pyridine rings is 1. The first kappa shape index (κ1) is 33.7. The molecule has 7 nitrogen and oxygen atoms in total. The quantitative estimate of drug-likeness (QED) is 0.242. The maximum atomic E-state index is 14.7. The van der Waals surface area contributed by atoms with Gasteiger partial charge in [0.15, 0.2) is 0 Å². The summed E-state index contributed by atoms with van der Waals surface area (Å²) in [7, 11) is 1.34. The van der Waals surface area contributed by atoms with Crippen molar-refractivity contribution in [3.05, 3.63) is 80.3 Å². The van der Waals surface area contributed by atoms with E-state index in [1.165, 1.54) is 26.1 Å². The highest BCUT2D eigenvalue weighted by Crippen LogP contribution is 2.43. The second-order valence-corrected chi connectivity index (χ2v) is 10.8. The molecule has 3 N–H and O–H groups in total. The third-order valence-electron chi connectivity index (χ3n) is 7.68. The first-order valence-electron chi connectivity index (χ1n) is 13.7. The average Bonchev–Trinajstić information content (AvgIpc) is 2.94. The first-order chi connectivity index (χ1) is 20.9. The third-order valence-corrected chi connectivity index (χ3v) is 7.68. The predicted octanol–water partition coefficient (Wildman–Crippen LogP) is 6.13. The maximum absolute atomic E-state index is 14.7. The van der Waals surface area contributed by atoms with E-state index in [2.05, 4.69) is 5.32 Å². The predicted molar refractivity (Wildman–Crippen MR) is 148 cm³/mol. The van der Waals surface area contributed by atoms with Crippen LogP contribution in [0.1, 0.15) is 41.3 Å². The lowest BCUT2D eigenvalue weighted by atomic mass is 9.89. The number of benzene rings is 2. The number of fused-ring (bicyclic) bond motifs is 1. The van der Waals surface area contributed by atoms with Crippen LogP contribution in [0.3, 0.4) is 0 Å². The summed E-state index contributed by atoms with van der Waals surface area (Å²) < 4.78 is 117. The highest BCUT2D eigenvalue weighted by molar-refractivity contribution is 5.77. The van der Waals surface area contributed by atoms with Gasteiger partial charge in [0.1, 0.15) is 29.5 Å². The Morgan fingerprint density at radius 2 is 1.73 bits per heavy atom. The molecule has 1 aromatic heterocycles. The minimum Gasteiger partial charge on any atom is -0.493 e. The Balaban J connectivity index is 1.65. The molecular weight excluding hydrogens is 618 g/mol. The van der Waals surface area contributed by atoms with E-state index in [0.29, 0.717) is 36.1 Å². The van der Waals surface area contributed by atoms with Crippen LogP contribution in [0.4, 0.5) is 40.8 Å². The third kappa shape index (κ3) is 7.24. The van der Waals surface area contributed by atoms with Crippen molar-refractivity contribution in [2.75, 3.05) is 11.9 Å². The molecule has 0 fully saturated rings. The topological polar surface area (TPSA) is 92.6 Å². The lowest BCUT2D eigenvalue weighted by Gasteiger charge is -2.26. The molecular formula is C30H29F8N3O4. The van der Waals surface area contributed by atoms with Gasteiger partial charge in [0.05, 0.1) is 17.7 Å². The number of carbonyl (C=O) groups is 1. The monoisotopic (exact) mass is 647 g/mol. The van der Waals surface area contributed by atoms with Gasteiger partial charge in [-0.3, -0.25) is 14.9 Å². The number of ether oxygens (including phenoxy) is 1. The van der Waals surface area contributed by atoms with Crippen LogP contribution >= 0.6 is 0 Å². The molecule has 0 spiro atoms. The summed E-state index contributed by atoms with van der Waals surface area (Å²) in [5.74, 6) is -3.81. The largest absolute Gasteiger partial charge is 0.493 e.